The molecule has 2 saturated heterocycles. The van der Waals surface area contributed by atoms with E-state index in [2.05, 4.69) is 30.4 Å². The van der Waals surface area contributed by atoms with Crippen LogP contribution in [0.3, 0.4) is 0 Å². The van der Waals surface area contributed by atoms with Gasteiger partial charge in [-0.25, -0.2) is 9.97 Å². The van der Waals surface area contributed by atoms with Crippen molar-refractivity contribution in [2.45, 2.75) is 12.5 Å². The fraction of sp³-hybridized carbons (Fsp3) is 0.346. The molecule has 10 heteroatoms. The number of hydrogen-bond donors (Lipinski definition) is 2. The number of benzene rings is 2. The lowest BCUT2D eigenvalue weighted by molar-refractivity contribution is -0.145. The van der Waals surface area contributed by atoms with Crippen LogP contribution < -0.4 is 15.5 Å². The highest BCUT2D eigenvalue weighted by molar-refractivity contribution is 6.04. The monoisotopic (exact) mass is 487 g/mol. The number of nitrogens with one attached hydrogen (secondary N) is 2. The van der Waals surface area contributed by atoms with Crippen molar-refractivity contribution < 1.29 is 14.4 Å². The second-order valence-electron chi connectivity index (χ2n) is 8.98. The van der Waals surface area contributed by atoms with Crippen LogP contribution in [0.25, 0.3) is 10.8 Å². The van der Waals surface area contributed by atoms with Gasteiger partial charge in [0.2, 0.25) is 23.7 Å². The van der Waals surface area contributed by atoms with Crippen LogP contribution in [0.1, 0.15) is 6.42 Å². The molecule has 36 heavy (non-hydrogen) atoms. The molecule has 0 aliphatic carbocycles. The van der Waals surface area contributed by atoms with Gasteiger partial charge in [0.05, 0.1) is 13.0 Å². The van der Waals surface area contributed by atoms with Gasteiger partial charge in [-0.2, -0.15) is 0 Å². The maximum absolute atomic E-state index is 13.2. The van der Waals surface area contributed by atoms with Gasteiger partial charge in [-0.1, -0.05) is 36.4 Å². The van der Waals surface area contributed by atoms with Crippen molar-refractivity contribution in [2.75, 3.05) is 56.0 Å². The average molecular weight is 488 g/mol. The predicted octanol–water partition coefficient (Wildman–Crippen LogP) is 1.11. The number of fused-ring (bicyclic) bond motifs is 1. The quantitative estimate of drug-likeness (QED) is 0.536. The predicted molar refractivity (Wildman–Crippen MR) is 136 cm³/mol. The van der Waals surface area contributed by atoms with Gasteiger partial charge in [0, 0.05) is 62.7 Å². The van der Waals surface area contributed by atoms with Crippen LogP contribution in [-0.2, 0) is 14.4 Å². The zero-order valence-electron chi connectivity index (χ0n) is 20.0. The molecule has 2 N–H and O–H groups in total. The summed E-state index contributed by atoms with van der Waals surface area (Å²) in [7, 11) is 0. The summed E-state index contributed by atoms with van der Waals surface area (Å²) < 4.78 is 0. The van der Waals surface area contributed by atoms with Crippen LogP contribution in [0.4, 0.5) is 11.6 Å². The Morgan fingerprint density at radius 1 is 0.944 bits per heavy atom. The van der Waals surface area contributed by atoms with E-state index in [1.165, 1.54) is 0 Å². The molecule has 0 unspecified atom stereocenters. The Morgan fingerprint density at radius 2 is 1.69 bits per heavy atom. The molecule has 5 rings (SSSR count). The molecular weight excluding hydrogens is 458 g/mol. The molecule has 2 aliphatic rings. The van der Waals surface area contributed by atoms with E-state index in [1.54, 1.807) is 23.4 Å². The summed E-state index contributed by atoms with van der Waals surface area (Å²) in [5.41, 5.74) is 0.687. The lowest BCUT2D eigenvalue weighted by Gasteiger charge is -2.38. The SMILES string of the molecule is O=C(C[C@@H]1C(=O)NCCN1C(=O)CN1CCN(c2ncccn2)CC1)Nc1cccc2ccccc12. The van der Waals surface area contributed by atoms with Crippen molar-refractivity contribution in [1.29, 1.82) is 0 Å². The molecule has 0 spiro atoms. The first-order valence-corrected chi connectivity index (χ1v) is 12.2. The summed E-state index contributed by atoms with van der Waals surface area (Å²) in [5.74, 6) is -0.0536. The largest absolute Gasteiger partial charge is 0.353 e. The van der Waals surface area contributed by atoms with Crippen LogP contribution in [0, 0.1) is 0 Å². The molecule has 2 aliphatic heterocycles. The minimum absolute atomic E-state index is 0.0973. The molecular formula is C26H29N7O3. The molecule has 1 atom stereocenters. The first-order chi connectivity index (χ1) is 17.6. The zero-order valence-corrected chi connectivity index (χ0v) is 20.0. The van der Waals surface area contributed by atoms with Crippen LogP contribution in [0.2, 0.25) is 0 Å². The van der Waals surface area contributed by atoms with E-state index >= 15 is 0 Å². The Balaban J connectivity index is 1.20. The van der Waals surface area contributed by atoms with E-state index < -0.39 is 6.04 Å². The average Bonchev–Trinajstić information content (AvgIpc) is 2.91. The summed E-state index contributed by atoms with van der Waals surface area (Å²) in [6.45, 7) is 3.79. The summed E-state index contributed by atoms with van der Waals surface area (Å²) in [4.78, 5) is 53.1. The number of piperazine rings is 2. The van der Waals surface area contributed by atoms with E-state index in [9.17, 15) is 14.4 Å². The Labute approximate surface area is 209 Å². The minimum Gasteiger partial charge on any atom is -0.353 e. The molecule has 2 fully saturated rings. The third-order valence-electron chi connectivity index (χ3n) is 6.66. The maximum atomic E-state index is 13.2. The fourth-order valence-electron chi connectivity index (χ4n) is 4.77. The molecule has 2 aromatic carbocycles. The molecule has 3 amide bonds. The van der Waals surface area contributed by atoms with Gasteiger partial charge in [-0.3, -0.25) is 19.3 Å². The van der Waals surface area contributed by atoms with E-state index in [0.717, 1.165) is 10.8 Å². The van der Waals surface area contributed by atoms with E-state index in [0.29, 0.717) is 50.9 Å². The standard InChI is InChI=1S/C26H29N7O3/c34-23(30-21-8-3-6-19-5-1-2-7-20(19)21)17-22-25(36)27-11-12-33(22)24(35)18-31-13-15-32(16-14-31)26-28-9-4-10-29-26/h1-10,22H,11-18H2,(H,27,36)(H,30,34)/t22-/m1/s1. The van der Waals surface area contributed by atoms with Crippen molar-refractivity contribution in [3.8, 4) is 0 Å². The summed E-state index contributed by atoms with van der Waals surface area (Å²) in [6.07, 6.45) is 3.34. The Kier molecular flexibility index (Phi) is 7.03. The highest BCUT2D eigenvalue weighted by Gasteiger charge is 2.35. The third kappa shape index (κ3) is 5.28. The van der Waals surface area contributed by atoms with E-state index in [4.69, 9.17) is 0 Å². The lowest BCUT2D eigenvalue weighted by atomic mass is 10.1. The Hall–Kier alpha value is -4.05. The summed E-state index contributed by atoms with van der Waals surface area (Å²) in [6, 6.07) is 14.4. The molecule has 0 radical (unpaired) electrons. The van der Waals surface area contributed by atoms with Crippen LogP contribution in [0.5, 0.6) is 0 Å². The number of rotatable bonds is 6. The number of aromatic nitrogens is 2. The summed E-state index contributed by atoms with van der Waals surface area (Å²) >= 11 is 0. The first kappa shape index (κ1) is 23.7. The lowest BCUT2D eigenvalue weighted by Crippen LogP contribution is -2.60. The second-order valence-corrected chi connectivity index (χ2v) is 8.98. The van der Waals surface area contributed by atoms with Gasteiger partial charge in [-0.15, -0.1) is 0 Å². The molecule has 0 saturated carbocycles. The van der Waals surface area contributed by atoms with Gasteiger partial charge in [0.25, 0.3) is 0 Å². The fourth-order valence-corrected chi connectivity index (χ4v) is 4.77. The first-order valence-electron chi connectivity index (χ1n) is 12.2. The molecule has 3 heterocycles. The highest BCUT2D eigenvalue weighted by Crippen LogP contribution is 2.23. The third-order valence-corrected chi connectivity index (χ3v) is 6.66. The van der Waals surface area contributed by atoms with Crippen molar-refractivity contribution in [3.63, 3.8) is 0 Å². The molecule has 186 valence electrons. The normalized spacial score (nSPS) is 18.7. The summed E-state index contributed by atoms with van der Waals surface area (Å²) in [5, 5.41) is 7.67. The molecule has 3 aromatic rings. The topological polar surface area (TPSA) is 111 Å². The minimum atomic E-state index is -0.833. The van der Waals surface area contributed by atoms with Crippen molar-refractivity contribution >= 4 is 40.1 Å². The second kappa shape index (κ2) is 10.7. The van der Waals surface area contributed by atoms with Gasteiger partial charge in [0.1, 0.15) is 6.04 Å². The van der Waals surface area contributed by atoms with Gasteiger partial charge in [-0.05, 0) is 17.5 Å². The smallest absolute Gasteiger partial charge is 0.243 e. The van der Waals surface area contributed by atoms with Crippen molar-refractivity contribution in [1.82, 2.24) is 25.1 Å². The number of hydrogen-bond acceptors (Lipinski definition) is 7. The number of nitrogens with zero attached hydrogens (tertiary/aromatic N) is 5. The van der Waals surface area contributed by atoms with Crippen molar-refractivity contribution in [3.05, 3.63) is 60.9 Å². The zero-order chi connectivity index (χ0) is 24.9. The van der Waals surface area contributed by atoms with Crippen LogP contribution in [0.15, 0.2) is 60.9 Å². The Morgan fingerprint density at radius 3 is 2.50 bits per heavy atom. The molecule has 0 bridgehead atoms. The Bertz CT molecular complexity index is 1240. The number of anilines is 2. The van der Waals surface area contributed by atoms with Gasteiger partial charge < -0.3 is 20.4 Å². The van der Waals surface area contributed by atoms with Gasteiger partial charge in [0.15, 0.2) is 0 Å². The highest BCUT2D eigenvalue weighted by atomic mass is 16.2. The number of amides is 3. The number of carbonyl (C=O) groups excluding carboxylic acids is 3. The van der Waals surface area contributed by atoms with Gasteiger partial charge >= 0.3 is 0 Å². The maximum Gasteiger partial charge on any atom is 0.243 e. The van der Waals surface area contributed by atoms with Crippen LogP contribution in [-0.4, -0.2) is 89.3 Å². The van der Waals surface area contributed by atoms with E-state index in [-0.39, 0.29) is 30.7 Å². The molecule has 1 aromatic heterocycles. The molecule has 10 nitrogen and oxygen atoms in total. The van der Waals surface area contributed by atoms with E-state index in [1.807, 2.05) is 42.5 Å². The number of carbonyl (C=O) groups is 3. The van der Waals surface area contributed by atoms with Crippen molar-refractivity contribution in [2.24, 2.45) is 0 Å². The van der Waals surface area contributed by atoms with Crippen LogP contribution >= 0.6 is 0 Å².